The van der Waals surface area contributed by atoms with Gasteiger partial charge in [-0.15, -0.1) is 0 Å². The van der Waals surface area contributed by atoms with Gasteiger partial charge in [-0.25, -0.2) is 4.79 Å². The first-order valence-corrected chi connectivity index (χ1v) is 6.93. The molecule has 0 aromatic heterocycles. The van der Waals surface area contributed by atoms with Crippen LogP contribution in [0.4, 0.5) is 5.69 Å². The van der Waals surface area contributed by atoms with Gasteiger partial charge in [0, 0.05) is 12.3 Å². The third-order valence-electron chi connectivity index (χ3n) is 3.36. The molecule has 0 aliphatic carbocycles. The summed E-state index contributed by atoms with van der Waals surface area (Å²) in [6.07, 6.45) is 4.54. The number of nitrogens with two attached hydrogens (primary N) is 1. The fourth-order valence-electron chi connectivity index (χ4n) is 2.31. The average molecular weight is 279 g/mol. The Hall–Kier alpha value is -1.75. The predicted molar refractivity (Wildman–Crippen MR) is 75.9 cm³/mol. The van der Waals surface area contributed by atoms with E-state index in [1.165, 1.54) is 7.11 Å². The van der Waals surface area contributed by atoms with Gasteiger partial charge in [0.05, 0.1) is 19.8 Å². The van der Waals surface area contributed by atoms with E-state index in [0.717, 1.165) is 32.3 Å². The van der Waals surface area contributed by atoms with Gasteiger partial charge < -0.3 is 19.9 Å². The average Bonchev–Trinajstić information content (AvgIpc) is 2.97. The molecule has 110 valence electrons. The summed E-state index contributed by atoms with van der Waals surface area (Å²) in [5, 5.41) is 0. The van der Waals surface area contributed by atoms with E-state index in [9.17, 15) is 4.79 Å². The largest absolute Gasteiger partial charge is 0.493 e. The van der Waals surface area contributed by atoms with Crippen LogP contribution < -0.4 is 10.5 Å². The van der Waals surface area contributed by atoms with E-state index in [0.29, 0.717) is 29.7 Å². The number of anilines is 1. The Morgan fingerprint density at radius 2 is 2.35 bits per heavy atom. The lowest BCUT2D eigenvalue weighted by atomic mass is 10.1. The summed E-state index contributed by atoms with van der Waals surface area (Å²) in [6, 6.07) is 4.98. The third kappa shape index (κ3) is 3.87. The van der Waals surface area contributed by atoms with E-state index in [2.05, 4.69) is 0 Å². The molecular formula is C15H21NO4. The summed E-state index contributed by atoms with van der Waals surface area (Å²) in [5.74, 6) is 0.0739. The molecule has 1 aliphatic rings. The van der Waals surface area contributed by atoms with Gasteiger partial charge in [-0.05, 0) is 43.9 Å². The van der Waals surface area contributed by atoms with Crippen molar-refractivity contribution in [2.45, 2.75) is 31.8 Å². The van der Waals surface area contributed by atoms with Gasteiger partial charge in [-0.1, -0.05) is 0 Å². The maximum absolute atomic E-state index is 11.7. The minimum Gasteiger partial charge on any atom is -0.493 e. The van der Waals surface area contributed by atoms with Crippen LogP contribution in [0.2, 0.25) is 0 Å². The minimum atomic E-state index is -0.438. The fraction of sp³-hybridized carbons (Fsp3) is 0.533. The SMILES string of the molecule is COC(=O)c1cc(N)ccc1OCCCC1CCCO1. The van der Waals surface area contributed by atoms with Crippen LogP contribution in [-0.4, -0.2) is 32.4 Å². The van der Waals surface area contributed by atoms with Crippen molar-refractivity contribution in [1.82, 2.24) is 0 Å². The number of esters is 1. The molecule has 1 aliphatic heterocycles. The number of hydrogen-bond donors (Lipinski definition) is 1. The number of carbonyl (C=O) groups excluding carboxylic acids is 1. The number of methoxy groups -OCH3 is 1. The van der Waals surface area contributed by atoms with Crippen molar-refractivity contribution in [3.05, 3.63) is 23.8 Å². The first kappa shape index (κ1) is 14.7. The van der Waals surface area contributed by atoms with Crippen LogP contribution in [0.5, 0.6) is 5.75 Å². The standard InChI is InChI=1S/C15H21NO4/c1-18-15(17)13-10-11(16)6-7-14(13)20-9-3-5-12-4-2-8-19-12/h6-7,10,12H,2-5,8-9,16H2,1H3. The topological polar surface area (TPSA) is 70.8 Å². The highest BCUT2D eigenvalue weighted by molar-refractivity contribution is 5.93. The van der Waals surface area contributed by atoms with Crippen molar-refractivity contribution < 1.29 is 19.0 Å². The van der Waals surface area contributed by atoms with Crippen molar-refractivity contribution in [2.24, 2.45) is 0 Å². The maximum atomic E-state index is 11.7. The van der Waals surface area contributed by atoms with Crippen LogP contribution in [0, 0.1) is 0 Å². The fourth-order valence-corrected chi connectivity index (χ4v) is 2.31. The van der Waals surface area contributed by atoms with Crippen LogP contribution in [0.25, 0.3) is 0 Å². The Balaban J connectivity index is 1.86. The molecule has 1 atom stereocenters. The van der Waals surface area contributed by atoms with Crippen molar-refractivity contribution in [2.75, 3.05) is 26.1 Å². The summed E-state index contributed by atoms with van der Waals surface area (Å²) in [6.45, 7) is 1.42. The highest BCUT2D eigenvalue weighted by Crippen LogP contribution is 2.23. The van der Waals surface area contributed by atoms with Crippen molar-refractivity contribution in [3.8, 4) is 5.75 Å². The van der Waals surface area contributed by atoms with Crippen LogP contribution in [0.15, 0.2) is 18.2 Å². The molecule has 1 saturated heterocycles. The summed E-state index contributed by atoms with van der Waals surface area (Å²) in [7, 11) is 1.34. The van der Waals surface area contributed by atoms with Gasteiger partial charge in [-0.2, -0.15) is 0 Å². The molecule has 1 aromatic rings. The monoisotopic (exact) mass is 279 g/mol. The van der Waals surface area contributed by atoms with Gasteiger partial charge in [0.25, 0.3) is 0 Å². The lowest BCUT2D eigenvalue weighted by molar-refractivity contribution is 0.0595. The van der Waals surface area contributed by atoms with Crippen LogP contribution in [-0.2, 0) is 9.47 Å². The van der Waals surface area contributed by atoms with Crippen molar-refractivity contribution >= 4 is 11.7 Å². The first-order chi connectivity index (χ1) is 9.70. The molecule has 1 aromatic carbocycles. The van der Waals surface area contributed by atoms with Gasteiger partial charge in [0.15, 0.2) is 0 Å². The van der Waals surface area contributed by atoms with E-state index in [1.54, 1.807) is 18.2 Å². The molecule has 1 unspecified atom stereocenters. The minimum absolute atomic E-state index is 0.365. The Bertz CT molecular complexity index is 455. The smallest absolute Gasteiger partial charge is 0.341 e. The summed E-state index contributed by atoms with van der Waals surface area (Å²) in [4.78, 5) is 11.7. The van der Waals surface area contributed by atoms with Crippen LogP contribution in [0.1, 0.15) is 36.0 Å². The van der Waals surface area contributed by atoms with Crippen molar-refractivity contribution in [3.63, 3.8) is 0 Å². The zero-order chi connectivity index (χ0) is 14.4. The molecule has 0 radical (unpaired) electrons. The van der Waals surface area contributed by atoms with Crippen LogP contribution in [0.3, 0.4) is 0 Å². The molecule has 0 saturated carbocycles. The lowest BCUT2D eigenvalue weighted by Crippen LogP contribution is -2.10. The number of hydrogen-bond acceptors (Lipinski definition) is 5. The molecule has 0 bridgehead atoms. The molecule has 1 fully saturated rings. The second kappa shape index (κ2) is 7.14. The number of nitrogen functional groups attached to an aromatic ring is 1. The molecule has 2 rings (SSSR count). The number of carbonyl (C=O) groups is 1. The Kier molecular flexibility index (Phi) is 5.24. The van der Waals surface area contributed by atoms with Gasteiger partial charge in [0.1, 0.15) is 11.3 Å². The lowest BCUT2D eigenvalue weighted by Gasteiger charge is -2.12. The van der Waals surface area contributed by atoms with Gasteiger partial charge >= 0.3 is 5.97 Å². The predicted octanol–water partition coefficient (Wildman–Crippen LogP) is 2.39. The number of benzene rings is 1. The molecule has 1 heterocycles. The second-order valence-electron chi connectivity index (χ2n) is 4.87. The normalized spacial score (nSPS) is 17.9. The Morgan fingerprint density at radius 3 is 3.05 bits per heavy atom. The molecule has 5 heteroatoms. The van der Waals surface area contributed by atoms with Gasteiger partial charge in [0.2, 0.25) is 0 Å². The first-order valence-electron chi connectivity index (χ1n) is 6.93. The molecule has 5 nitrogen and oxygen atoms in total. The summed E-state index contributed by atoms with van der Waals surface area (Å²) < 4.78 is 15.9. The Labute approximate surface area is 119 Å². The van der Waals surface area contributed by atoms with Gasteiger partial charge in [-0.3, -0.25) is 0 Å². The number of ether oxygens (including phenoxy) is 3. The highest BCUT2D eigenvalue weighted by Gasteiger charge is 2.16. The van der Waals surface area contributed by atoms with E-state index in [-0.39, 0.29) is 0 Å². The maximum Gasteiger partial charge on any atom is 0.341 e. The number of rotatable bonds is 6. The quantitative estimate of drug-likeness (QED) is 0.492. The molecule has 2 N–H and O–H groups in total. The molecular weight excluding hydrogens is 258 g/mol. The Morgan fingerprint density at radius 1 is 1.50 bits per heavy atom. The van der Waals surface area contributed by atoms with E-state index >= 15 is 0 Å². The van der Waals surface area contributed by atoms with E-state index < -0.39 is 5.97 Å². The van der Waals surface area contributed by atoms with Crippen molar-refractivity contribution in [1.29, 1.82) is 0 Å². The summed E-state index contributed by atoms with van der Waals surface area (Å²) in [5.41, 5.74) is 6.55. The van der Waals surface area contributed by atoms with E-state index in [1.807, 2.05) is 0 Å². The van der Waals surface area contributed by atoms with E-state index in [4.69, 9.17) is 19.9 Å². The highest BCUT2D eigenvalue weighted by atomic mass is 16.5. The molecule has 20 heavy (non-hydrogen) atoms. The summed E-state index contributed by atoms with van der Waals surface area (Å²) >= 11 is 0. The van der Waals surface area contributed by atoms with Crippen LogP contribution >= 0.6 is 0 Å². The zero-order valence-corrected chi connectivity index (χ0v) is 11.8. The molecule has 0 spiro atoms. The molecule has 0 amide bonds. The zero-order valence-electron chi connectivity index (χ0n) is 11.8. The second-order valence-corrected chi connectivity index (χ2v) is 4.87. The third-order valence-corrected chi connectivity index (χ3v) is 3.36.